The van der Waals surface area contributed by atoms with Gasteiger partial charge in [0.05, 0.1) is 0 Å². The smallest absolute Gasteiger partial charge is 0.397 e. The summed E-state index contributed by atoms with van der Waals surface area (Å²) in [7, 11) is 0. The Morgan fingerprint density at radius 3 is 1.34 bits per heavy atom. The minimum atomic E-state index is -0.996. The van der Waals surface area contributed by atoms with Crippen LogP contribution in [0.5, 0.6) is 0 Å². The molecule has 2 N–H and O–H groups in total. The molecule has 0 fully saturated rings. The Kier molecular flexibility index (Phi) is 12.5. The van der Waals surface area contributed by atoms with Gasteiger partial charge in [-0.1, -0.05) is 12.2 Å². The lowest BCUT2D eigenvalue weighted by atomic mass is 10.0. The van der Waals surface area contributed by atoms with Crippen LogP contribution >= 0.6 is 0 Å². The molecule has 0 aliphatic heterocycles. The van der Waals surface area contributed by atoms with E-state index in [-0.39, 0.29) is 25.9 Å². The third-order valence-electron chi connectivity index (χ3n) is 3.85. The number of hydrogen-bond acceptors (Lipinski definition) is 8. The molecule has 0 aromatic carbocycles. The van der Waals surface area contributed by atoms with Crippen molar-refractivity contribution in [2.24, 2.45) is 0 Å². The molecule has 10 heteroatoms. The SMILES string of the molecule is C=CCNC(=O)C(=O)OC(C)CC(C)(C)OOC(C)(C)CC(C)OC(=O)C(=O)NCC=C. The highest BCUT2D eigenvalue weighted by molar-refractivity contribution is 6.32. The Morgan fingerprint density at radius 1 is 0.750 bits per heavy atom. The van der Waals surface area contributed by atoms with E-state index in [4.69, 9.17) is 19.2 Å². The monoisotopic (exact) mass is 456 g/mol. The number of carbonyl (C=O) groups excluding carboxylic acids is 4. The minimum absolute atomic E-state index is 0.160. The van der Waals surface area contributed by atoms with E-state index < -0.39 is 47.2 Å². The molecule has 0 heterocycles. The van der Waals surface area contributed by atoms with Crippen LogP contribution in [0.2, 0.25) is 0 Å². The number of carbonyl (C=O) groups is 4. The van der Waals surface area contributed by atoms with Crippen molar-refractivity contribution in [2.75, 3.05) is 13.1 Å². The molecular formula is C22H36N2O8. The Bertz CT molecular complexity index is 629. The molecule has 0 spiro atoms. The van der Waals surface area contributed by atoms with E-state index in [1.807, 2.05) is 0 Å². The zero-order valence-electron chi connectivity index (χ0n) is 19.8. The van der Waals surface area contributed by atoms with Crippen LogP contribution < -0.4 is 10.6 Å². The lowest BCUT2D eigenvalue weighted by Crippen LogP contribution is -2.40. The number of ether oxygens (including phenoxy) is 2. The molecule has 0 aliphatic rings. The van der Waals surface area contributed by atoms with Crippen molar-refractivity contribution in [3.8, 4) is 0 Å². The van der Waals surface area contributed by atoms with Crippen LogP contribution in [0.25, 0.3) is 0 Å². The largest absolute Gasteiger partial charge is 0.455 e. The maximum Gasteiger partial charge on any atom is 0.397 e. The molecule has 0 bridgehead atoms. The Morgan fingerprint density at radius 2 is 1.06 bits per heavy atom. The van der Waals surface area contributed by atoms with Crippen LogP contribution in [0.1, 0.15) is 54.4 Å². The van der Waals surface area contributed by atoms with Gasteiger partial charge in [0, 0.05) is 25.9 Å². The van der Waals surface area contributed by atoms with E-state index in [0.29, 0.717) is 0 Å². The van der Waals surface area contributed by atoms with Gasteiger partial charge in [0.15, 0.2) is 0 Å². The summed E-state index contributed by atoms with van der Waals surface area (Å²) in [4.78, 5) is 57.8. The first-order chi connectivity index (χ1) is 14.7. The Hall–Kier alpha value is -2.72. The van der Waals surface area contributed by atoms with Crippen LogP contribution in [-0.2, 0) is 38.4 Å². The molecule has 0 rings (SSSR count). The van der Waals surface area contributed by atoms with Gasteiger partial charge >= 0.3 is 23.8 Å². The van der Waals surface area contributed by atoms with E-state index in [1.54, 1.807) is 41.5 Å². The number of rotatable bonds is 13. The lowest BCUT2D eigenvalue weighted by molar-refractivity contribution is -0.406. The predicted molar refractivity (Wildman–Crippen MR) is 117 cm³/mol. The molecule has 10 nitrogen and oxygen atoms in total. The first-order valence-electron chi connectivity index (χ1n) is 10.3. The van der Waals surface area contributed by atoms with Gasteiger partial charge in [-0.25, -0.2) is 19.4 Å². The van der Waals surface area contributed by atoms with Gasteiger partial charge in [-0.15, -0.1) is 13.2 Å². The second-order valence-corrected chi connectivity index (χ2v) is 8.52. The summed E-state index contributed by atoms with van der Waals surface area (Å²) in [5, 5.41) is 4.68. The quantitative estimate of drug-likeness (QED) is 0.141. The highest BCUT2D eigenvalue weighted by Gasteiger charge is 2.32. The minimum Gasteiger partial charge on any atom is -0.455 e. The van der Waals surface area contributed by atoms with Gasteiger partial charge in [0.2, 0.25) is 0 Å². The summed E-state index contributed by atoms with van der Waals surface area (Å²) in [6, 6.07) is 0. The Balaban J connectivity index is 4.58. The summed E-state index contributed by atoms with van der Waals surface area (Å²) in [5.74, 6) is -3.70. The maximum atomic E-state index is 11.8. The van der Waals surface area contributed by atoms with Crippen molar-refractivity contribution >= 4 is 23.8 Å². The number of nitrogens with one attached hydrogen (secondary N) is 2. The third-order valence-corrected chi connectivity index (χ3v) is 3.85. The van der Waals surface area contributed by atoms with E-state index in [2.05, 4.69) is 23.8 Å². The molecule has 0 aromatic rings. The predicted octanol–water partition coefficient (Wildman–Crippen LogP) is 1.74. The summed E-state index contributed by atoms with van der Waals surface area (Å²) >= 11 is 0. The first kappa shape index (κ1) is 29.3. The molecule has 0 aromatic heterocycles. The molecule has 2 unspecified atom stereocenters. The molecule has 0 aliphatic carbocycles. The van der Waals surface area contributed by atoms with Crippen molar-refractivity contribution < 1.29 is 38.4 Å². The van der Waals surface area contributed by atoms with Crippen LogP contribution in [0.3, 0.4) is 0 Å². The van der Waals surface area contributed by atoms with Crippen molar-refractivity contribution in [1.82, 2.24) is 10.6 Å². The average molecular weight is 457 g/mol. The van der Waals surface area contributed by atoms with E-state index in [9.17, 15) is 19.2 Å². The zero-order chi connectivity index (χ0) is 24.9. The fourth-order valence-corrected chi connectivity index (χ4v) is 2.71. The standard InChI is InChI=1S/C22H36N2O8/c1-9-11-23-17(25)19(27)29-15(3)13-21(5,6)31-32-22(7,8)14-16(4)30-20(28)18(26)24-12-10-2/h9-10,15-16H,1-2,11-14H2,3-8H3,(H,23,25)(H,24,26). The van der Waals surface area contributed by atoms with Crippen molar-refractivity contribution in [3.63, 3.8) is 0 Å². The number of hydrogen-bond donors (Lipinski definition) is 2. The summed E-state index contributed by atoms with van der Waals surface area (Å²) in [5.41, 5.74) is -1.72. The van der Waals surface area contributed by atoms with Gasteiger partial charge in [0.1, 0.15) is 23.4 Å². The van der Waals surface area contributed by atoms with Crippen LogP contribution in [0.4, 0.5) is 0 Å². The summed E-state index contributed by atoms with van der Waals surface area (Å²) < 4.78 is 10.2. The summed E-state index contributed by atoms with van der Waals surface area (Å²) in [6.45, 7) is 17.4. The normalized spacial score (nSPS) is 13.3. The fourth-order valence-electron chi connectivity index (χ4n) is 2.71. The first-order valence-corrected chi connectivity index (χ1v) is 10.3. The maximum absolute atomic E-state index is 11.8. The molecule has 2 amide bonds. The summed E-state index contributed by atoms with van der Waals surface area (Å²) in [6.07, 6.45) is 2.16. The second kappa shape index (κ2) is 13.6. The fraction of sp³-hybridized carbons (Fsp3) is 0.636. The molecule has 182 valence electrons. The van der Waals surface area contributed by atoms with Gasteiger partial charge in [0.25, 0.3) is 0 Å². The topological polar surface area (TPSA) is 129 Å². The lowest BCUT2D eigenvalue weighted by Gasteiger charge is -2.33. The molecule has 0 radical (unpaired) electrons. The van der Waals surface area contributed by atoms with Crippen LogP contribution in [-0.4, -0.2) is 60.3 Å². The van der Waals surface area contributed by atoms with Crippen LogP contribution in [0.15, 0.2) is 25.3 Å². The van der Waals surface area contributed by atoms with Gasteiger partial charge in [-0.3, -0.25) is 9.59 Å². The van der Waals surface area contributed by atoms with Crippen molar-refractivity contribution in [2.45, 2.75) is 77.8 Å². The number of esters is 2. The zero-order valence-corrected chi connectivity index (χ0v) is 19.8. The van der Waals surface area contributed by atoms with E-state index in [0.717, 1.165) is 0 Å². The average Bonchev–Trinajstić information content (AvgIpc) is 2.67. The van der Waals surface area contributed by atoms with Gasteiger partial charge in [-0.05, 0) is 41.5 Å². The Labute approximate surface area is 189 Å². The number of amides is 2. The van der Waals surface area contributed by atoms with Gasteiger partial charge in [-0.2, -0.15) is 0 Å². The van der Waals surface area contributed by atoms with E-state index in [1.165, 1.54) is 12.2 Å². The van der Waals surface area contributed by atoms with Crippen LogP contribution in [0, 0.1) is 0 Å². The molecule has 2 atom stereocenters. The van der Waals surface area contributed by atoms with E-state index >= 15 is 0 Å². The highest BCUT2D eigenvalue weighted by atomic mass is 17.2. The van der Waals surface area contributed by atoms with Gasteiger partial charge < -0.3 is 20.1 Å². The van der Waals surface area contributed by atoms with Crippen molar-refractivity contribution in [3.05, 3.63) is 25.3 Å². The van der Waals surface area contributed by atoms with Crippen molar-refractivity contribution in [1.29, 1.82) is 0 Å². The second-order valence-electron chi connectivity index (χ2n) is 8.52. The molecule has 0 saturated heterocycles. The highest BCUT2D eigenvalue weighted by Crippen LogP contribution is 2.25. The molecular weight excluding hydrogens is 420 g/mol. The third kappa shape index (κ3) is 12.9. The molecule has 0 saturated carbocycles. The molecule has 32 heavy (non-hydrogen) atoms.